The minimum atomic E-state index is -0.628. The molecule has 1 aromatic carbocycles. The Morgan fingerprint density at radius 1 is 1.43 bits per heavy atom. The van der Waals surface area contributed by atoms with Gasteiger partial charge in [-0.3, -0.25) is 0 Å². The highest BCUT2D eigenvalue weighted by atomic mass is 19.1. The van der Waals surface area contributed by atoms with E-state index in [0.717, 1.165) is 25.1 Å². The first-order valence-electron chi connectivity index (χ1n) is 4.60. The van der Waals surface area contributed by atoms with E-state index in [9.17, 15) is 8.78 Å². The zero-order valence-electron chi connectivity index (χ0n) is 7.93. The molecule has 4 heteroatoms. The molecule has 2 N–H and O–H groups in total. The van der Waals surface area contributed by atoms with Crippen molar-refractivity contribution in [1.82, 2.24) is 0 Å². The number of hydrogen-bond donors (Lipinski definition) is 1. The van der Waals surface area contributed by atoms with Gasteiger partial charge in [-0.25, -0.2) is 8.78 Å². The van der Waals surface area contributed by atoms with Crippen molar-refractivity contribution in [2.24, 2.45) is 0 Å². The second kappa shape index (κ2) is 3.12. The van der Waals surface area contributed by atoms with Crippen LogP contribution in [0.2, 0.25) is 0 Å². The fourth-order valence-corrected chi connectivity index (χ4v) is 1.74. The van der Waals surface area contributed by atoms with Crippen molar-refractivity contribution >= 4 is 11.4 Å². The topological polar surface area (TPSA) is 29.3 Å². The smallest absolute Gasteiger partial charge is 0.151 e. The molecule has 76 valence electrons. The highest BCUT2D eigenvalue weighted by Crippen LogP contribution is 2.34. The third-order valence-electron chi connectivity index (χ3n) is 2.66. The summed E-state index contributed by atoms with van der Waals surface area (Å²) in [5, 5.41) is 0. The summed E-state index contributed by atoms with van der Waals surface area (Å²) in [4.78, 5) is 1.85. The molecule has 0 spiro atoms. The van der Waals surface area contributed by atoms with E-state index in [1.54, 1.807) is 0 Å². The lowest BCUT2D eigenvalue weighted by Gasteiger charge is -2.41. The van der Waals surface area contributed by atoms with Crippen molar-refractivity contribution in [3.63, 3.8) is 0 Å². The predicted octanol–water partition coefficient (Wildman–Crippen LogP) is 2.15. The van der Waals surface area contributed by atoms with Gasteiger partial charge in [-0.05, 0) is 19.4 Å². The Morgan fingerprint density at radius 2 is 2.14 bits per heavy atom. The summed E-state index contributed by atoms with van der Waals surface area (Å²) in [7, 11) is 0. The molecule has 0 saturated carbocycles. The van der Waals surface area contributed by atoms with Crippen molar-refractivity contribution < 1.29 is 8.78 Å². The van der Waals surface area contributed by atoms with Crippen molar-refractivity contribution in [1.29, 1.82) is 0 Å². The van der Waals surface area contributed by atoms with Gasteiger partial charge in [0.15, 0.2) is 5.82 Å². The minimum absolute atomic E-state index is 0.175. The van der Waals surface area contributed by atoms with Gasteiger partial charge in [-0.15, -0.1) is 0 Å². The number of nitrogen functional groups attached to an aromatic ring is 1. The summed E-state index contributed by atoms with van der Waals surface area (Å²) in [6.45, 7) is 2.78. The van der Waals surface area contributed by atoms with E-state index in [1.807, 2.05) is 11.8 Å². The molecule has 14 heavy (non-hydrogen) atoms. The van der Waals surface area contributed by atoms with E-state index < -0.39 is 11.6 Å². The first kappa shape index (κ1) is 9.24. The average Bonchev–Trinajstić information content (AvgIpc) is 2.08. The Hall–Kier alpha value is -1.32. The minimum Gasteiger partial charge on any atom is -0.397 e. The van der Waals surface area contributed by atoms with Crippen LogP contribution in [0.15, 0.2) is 12.1 Å². The van der Waals surface area contributed by atoms with Crippen molar-refractivity contribution in [3.05, 3.63) is 23.8 Å². The van der Waals surface area contributed by atoms with Crippen molar-refractivity contribution in [2.75, 3.05) is 17.2 Å². The van der Waals surface area contributed by atoms with Gasteiger partial charge >= 0.3 is 0 Å². The molecule has 1 heterocycles. The van der Waals surface area contributed by atoms with E-state index in [4.69, 9.17) is 5.73 Å². The van der Waals surface area contributed by atoms with Gasteiger partial charge in [0.2, 0.25) is 0 Å². The molecule has 1 fully saturated rings. The highest BCUT2D eigenvalue weighted by Gasteiger charge is 2.28. The van der Waals surface area contributed by atoms with Crippen LogP contribution in [-0.2, 0) is 0 Å². The van der Waals surface area contributed by atoms with Gasteiger partial charge in [0.25, 0.3) is 0 Å². The van der Waals surface area contributed by atoms with Crippen LogP contribution in [0, 0.1) is 11.6 Å². The first-order chi connectivity index (χ1) is 6.59. The number of nitrogens with two attached hydrogens (primary N) is 1. The van der Waals surface area contributed by atoms with Gasteiger partial charge in [-0.2, -0.15) is 0 Å². The molecule has 1 atom stereocenters. The van der Waals surface area contributed by atoms with E-state index in [0.29, 0.717) is 5.69 Å². The second-order valence-corrected chi connectivity index (χ2v) is 3.66. The largest absolute Gasteiger partial charge is 0.397 e. The second-order valence-electron chi connectivity index (χ2n) is 3.66. The summed E-state index contributed by atoms with van der Waals surface area (Å²) >= 11 is 0. The Balaban J connectivity index is 2.42. The Labute approximate surface area is 81.3 Å². The van der Waals surface area contributed by atoms with Gasteiger partial charge in [0, 0.05) is 18.7 Å². The molecule has 1 aliphatic heterocycles. The fraction of sp³-hybridized carbons (Fsp3) is 0.400. The number of nitrogens with zero attached hydrogens (tertiary/aromatic N) is 1. The van der Waals surface area contributed by atoms with Crippen molar-refractivity contribution in [3.8, 4) is 0 Å². The molecule has 2 rings (SSSR count). The quantitative estimate of drug-likeness (QED) is 0.700. The summed E-state index contributed by atoms with van der Waals surface area (Å²) in [5.74, 6) is -1.20. The lowest BCUT2D eigenvalue weighted by atomic mass is 10.0. The zero-order valence-corrected chi connectivity index (χ0v) is 7.93. The summed E-state index contributed by atoms with van der Waals surface area (Å²) < 4.78 is 26.1. The maximum Gasteiger partial charge on any atom is 0.151 e. The molecule has 1 saturated heterocycles. The van der Waals surface area contributed by atoms with E-state index in [-0.39, 0.29) is 11.7 Å². The average molecular weight is 198 g/mol. The SMILES string of the molecule is CC1CCN1c1c(N)cc(F)cc1F. The Morgan fingerprint density at radius 3 is 2.57 bits per heavy atom. The van der Waals surface area contributed by atoms with E-state index >= 15 is 0 Å². The summed E-state index contributed by atoms with van der Waals surface area (Å²) in [6.07, 6.45) is 1.02. The number of rotatable bonds is 1. The lowest BCUT2D eigenvalue weighted by Crippen LogP contribution is -2.46. The standard InChI is InChI=1S/C10H12F2N2/c1-6-2-3-14(6)10-8(12)4-7(11)5-9(10)13/h4-6H,2-3,13H2,1H3. The van der Waals surface area contributed by atoms with Crippen LogP contribution in [0.5, 0.6) is 0 Å². The third-order valence-corrected chi connectivity index (χ3v) is 2.66. The van der Waals surface area contributed by atoms with Crippen LogP contribution in [0.4, 0.5) is 20.2 Å². The van der Waals surface area contributed by atoms with Crippen LogP contribution in [0.25, 0.3) is 0 Å². The molecule has 1 aromatic rings. The molecule has 2 nitrogen and oxygen atoms in total. The van der Waals surface area contributed by atoms with Gasteiger partial charge in [0.05, 0.1) is 11.4 Å². The van der Waals surface area contributed by atoms with Crippen LogP contribution in [-0.4, -0.2) is 12.6 Å². The van der Waals surface area contributed by atoms with Gasteiger partial charge in [-0.1, -0.05) is 0 Å². The molecule has 0 aromatic heterocycles. The molecule has 1 unspecified atom stereocenters. The number of anilines is 2. The monoisotopic (exact) mass is 198 g/mol. The molecule has 0 bridgehead atoms. The zero-order chi connectivity index (χ0) is 10.3. The lowest BCUT2D eigenvalue weighted by molar-refractivity contribution is 0.468. The maximum absolute atomic E-state index is 13.4. The predicted molar refractivity (Wildman–Crippen MR) is 52.2 cm³/mol. The Kier molecular flexibility index (Phi) is 2.06. The van der Waals surface area contributed by atoms with Gasteiger partial charge in [0.1, 0.15) is 5.82 Å². The van der Waals surface area contributed by atoms with Gasteiger partial charge < -0.3 is 10.6 Å². The number of hydrogen-bond acceptors (Lipinski definition) is 2. The molecule has 1 aliphatic rings. The van der Waals surface area contributed by atoms with Crippen molar-refractivity contribution in [2.45, 2.75) is 19.4 Å². The normalized spacial score (nSPS) is 20.8. The van der Waals surface area contributed by atoms with E-state index in [2.05, 4.69) is 0 Å². The first-order valence-corrected chi connectivity index (χ1v) is 4.60. The highest BCUT2D eigenvalue weighted by molar-refractivity contribution is 5.69. The van der Waals surface area contributed by atoms with Crippen LogP contribution >= 0.6 is 0 Å². The fourth-order valence-electron chi connectivity index (χ4n) is 1.74. The number of benzene rings is 1. The molecule has 0 aliphatic carbocycles. The third kappa shape index (κ3) is 1.31. The Bertz CT molecular complexity index is 342. The molecular formula is C10H12F2N2. The summed E-state index contributed by atoms with van der Waals surface area (Å²) in [5.41, 5.74) is 6.09. The number of halogens is 2. The summed E-state index contributed by atoms with van der Waals surface area (Å²) in [6, 6.07) is 2.32. The maximum atomic E-state index is 13.4. The van der Waals surface area contributed by atoms with Crippen LogP contribution < -0.4 is 10.6 Å². The molecule has 0 amide bonds. The van der Waals surface area contributed by atoms with E-state index in [1.165, 1.54) is 0 Å². The molecule has 0 radical (unpaired) electrons. The van der Waals surface area contributed by atoms with Crippen LogP contribution in [0.3, 0.4) is 0 Å². The molecular weight excluding hydrogens is 186 g/mol. The van der Waals surface area contributed by atoms with Crippen LogP contribution in [0.1, 0.15) is 13.3 Å².